The van der Waals surface area contributed by atoms with E-state index < -0.39 is 0 Å². The van der Waals surface area contributed by atoms with Gasteiger partial charge in [0.1, 0.15) is 0 Å². The highest BCUT2D eigenvalue weighted by molar-refractivity contribution is 5.77. The largest absolute Gasteiger partial charge is 0.351 e. The molecule has 1 saturated carbocycles. The van der Waals surface area contributed by atoms with Crippen LogP contribution in [0.15, 0.2) is 0 Å². The summed E-state index contributed by atoms with van der Waals surface area (Å²) in [5.74, 6) is 0.0871. The van der Waals surface area contributed by atoms with E-state index in [1.165, 1.54) is 38.5 Å². The predicted molar refractivity (Wildman–Crippen MR) is 80.0 cm³/mol. The highest BCUT2D eigenvalue weighted by Crippen LogP contribution is 2.17. The van der Waals surface area contributed by atoms with Crippen LogP contribution >= 0.6 is 0 Å². The number of nitrogens with two attached hydrogens (primary N) is 1. The Morgan fingerprint density at radius 2 is 1.79 bits per heavy atom. The Balaban J connectivity index is 2.37. The average Bonchev–Trinajstić information content (AvgIpc) is 2.54. The van der Waals surface area contributed by atoms with Crippen molar-refractivity contribution in [1.82, 2.24) is 10.6 Å². The van der Waals surface area contributed by atoms with Crippen LogP contribution < -0.4 is 16.4 Å². The lowest BCUT2D eigenvalue weighted by atomic mass is 10.0. The molecule has 4 heteroatoms. The molecule has 0 aliphatic heterocycles. The van der Waals surface area contributed by atoms with Crippen molar-refractivity contribution in [2.75, 3.05) is 6.54 Å². The lowest BCUT2D eigenvalue weighted by Crippen LogP contribution is -2.48. The van der Waals surface area contributed by atoms with E-state index in [4.69, 9.17) is 5.73 Å². The zero-order valence-corrected chi connectivity index (χ0v) is 12.8. The fourth-order valence-electron chi connectivity index (χ4n) is 2.68. The van der Waals surface area contributed by atoms with Crippen molar-refractivity contribution in [3.63, 3.8) is 0 Å². The molecule has 1 aliphatic carbocycles. The van der Waals surface area contributed by atoms with Gasteiger partial charge in [-0.1, -0.05) is 25.7 Å². The first kappa shape index (κ1) is 16.4. The van der Waals surface area contributed by atoms with Crippen LogP contribution in [-0.4, -0.2) is 30.1 Å². The minimum atomic E-state index is -0.168. The molecule has 1 rings (SSSR count). The van der Waals surface area contributed by atoms with Crippen molar-refractivity contribution in [3.05, 3.63) is 0 Å². The molecule has 1 unspecified atom stereocenters. The van der Waals surface area contributed by atoms with Crippen LogP contribution in [0.4, 0.5) is 0 Å². The first-order valence-electron chi connectivity index (χ1n) is 7.68. The molecule has 1 fully saturated rings. The number of hydrogen-bond donors (Lipinski definition) is 3. The van der Waals surface area contributed by atoms with Crippen molar-refractivity contribution in [2.45, 2.75) is 83.3 Å². The Bertz CT molecular complexity index is 265. The third kappa shape index (κ3) is 7.53. The van der Waals surface area contributed by atoms with Crippen LogP contribution in [0.2, 0.25) is 0 Å². The molecule has 0 bridgehead atoms. The lowest BCUT2D eigenvalue weighted by Gasteiger charge is -2.26. The van der Waals surface area contributed by atoms with Gasteiger partial charge < -0.3 is 16.4 Å². The van der Waals surface area contributed by atoms with Crippen LogP contribution in [0, 0.1) is 0 Å². The van der Waals surface area contributed by atoms with Crippen LogP contribution in [0.5, 0.6) is 0 Å². The molecule has 0 aromatic rings. The van der Waals surface area contributed by atoms with E-state index in [9.17, 15) is 4.79 Å². The van der Waals surface area contributed by atoms with Gasteiger partial charge in [0.25, 0.3) is 0 Å². The van der Waals surface area contributed by atoms with Gasteiger partial charge in [-0.15, -0.1) is 0 Å². The maximum atomic E-state index is 11.9. The minimum Gasteiger partial charge on any atom is -0.351 e. The summed E-state index contributed by atoms with van der Waals surface area (Å²) in [5, 5.41) is 6.58. The minimum absolute atomic E-state index is 0.0871. The molecule has 1 aliphatic rings. The maximum absolute atomic E-state index is 11.9. The van der Waals surface area contributed by atoms with Gasteiger partial charge in [0, 0.05) is 30.6 Å². The summed E-state index contributed by atoms with van der Waals surface area (Å²) >= 11 is 0. The average molecular weight is 269 g/mol. The van der Waals surface area contributed by atoms with Crippen molar-refractivity contribution in [1.29, 1.82) is 0 Å². The Morgan fingerprint density at radius 3 is 2.26 bits per heavy atom. The molecule has 0 spiro atoms. The molecule has 0 saturated heterocycles. The Morgan fingerprint density at radius 1 is 1.21 bits per heavy atom. The fourth-order valence-corrected chi connectivity index (χ4v) is 2.68. The smallest absolute Gasteiger partial charge is 0.222 e. The lowest BCUT2D eigenvalue weighted by molar-refractivity contribution is -0.123. The number of carbonyl (C=O) groups is 1. The van der Waals surface area contributed by atoms with Crippen LogP contribution in [0.3, 0.4) is 0 Å². The molecule has 1 amide bonds. The molecule has 1 atom stereocenters. The molecule has 4 nitrogen and oxygen atoms in total. The van der Waals surface area contributed by atoms with E-state index in [2.05, 4.69) is 10.6 Å². The highest BCUT2D eigenvalue weighted by Gasteiger charge is 2.20. The summed E-state index contributed by atoms with van der Waals surface area (Å²) in [4.78, 5) is 11.9. The summed E-state index contributed by atoms with van der Waals surface area (Å²) in [6, 6.07) is 0.643. The van der Waals surface area contributed by atoms with Crippen molar-refractivity contribution < 1.29 is 4.79 Å². The first-order valence-corrected chi connectivity index (χ1v) is 7.68. The van der Waals surface area contributed by atoms with Gasteiger partial charge in [-0.2, -0.15) is 0 Å². The van der Waals surface area contributed by atoms with Gasteiger partial charge in [-0.05, 0) is 33.6 Å². The zero-order valence-electron chi connectivity index (χ0n) is 12.8. The SMILES string of the molecule is CC(C)(C)NC(=O)CC(CN)NC1CCCCCC1. The summed E-state index contributed by atoms with van der Waals surface area (Å²) in [6.07, 6.45) is 8.19. The summed E-state index contributed by atoms with van der Waals surface area (Å²) in [7, 11) is 0. The third-order valence-electron chi connectivity index (χ3n) is 3.56. The van der Waals surface area contributed by atoms with Crippen LogP contribution in [0.1, 0.15) is 65.7 Å². The van der Waals surface area contributed by atoms with Gasteiger partial charge in [0.05, 0.1) is 0 Å². The normalized spacial score (nSPS) is 19.8. The van der Waals surface area contributed by atoms with Gasteiger partial charge in [-0.3, -0.25) is 4.79 Å². The second kappa shape index (κ2) is 7.85. The first-order chi connectivity index (χ1) is 8.90. The summed E-state index contributed by atoms with van der Waals surface area (Å²) in [6.45, 7) is 6.53. The van der Waals surface area contributed by atoms with Crippen molar-refractivity contribution >= 4 is 5.91 Å². The highest BCUT2D eigenvalue weighted by atomic mass is 16.1. The molecule has 4 N–H and O–H groups in total. The van der Waals surface area contributed by atoms with Crippen LogP contribution in [0.25, 0.3) is 0 Å². The number of rotatable bonds is 5. The van der Waals surface area contributed by atoms with Gasteiger partial charge in [-0.25, -0.2) is 0 Å². The molecule has 0 aromatic carbocycles. The molecule has 0 heterocycles. The molecule has 0 aromatic heterocycles. The van der Waals surface area contributed by atoms with Gasteiger partial charge >= 0.3 is 0 Å². The van der Waals surface area contributed by atoms with E-state index in [-0.39, 0.29) is 17.5 Å². The molecular weight excluding hydrogens is 238 g/mol. The fraction of sp³-hybridized carbons (Fsp3) is 0.933. The number of amides is 1. The monoisotopic (exact) mass is 269 g/mol. The number of nitrogens with one attached hydrogen (secondary N) is 2. The number of hydrogen-bond acceptors (Lipinski definition) is 3. The van der Waals surface area contributed by atoms with E-state index in [0.29, 0.717) is 19.0 Å². The molecular formula is C15H31N3O. The van der Waals surface area contributed by atoms with Gasteiger partial charge in [0.15, 0.2) is 0 Å². The molecule has 19 heavy (non-hydrogen) atoms. The second-order valence-electron chi connectivity index (χ2n) is 6.79. The van der Waals surface area contributed by atoms with Crippen LogP contribution in [-0.2, 0) is 4.79 Å². The van der Waals surface area contributed by atoms with E-state index in [1.54, 1.807) is 0 Å². The Kier molecular flexibility index (Phi) is 6.80. The maximum Gasteiger partial charge on any atom is 0.222 e. The van der Waals surface area contributed by atoms with E-state index in [0.717, 1.165) is 0 Å². The molecule has 0 radical (unpaired) electrons. The number of carbonyl (C=O) groups excluding carboxylic acids is 1. The molecule has 112 valence electrons. The topological polar surface area (TPSA) is 67.2 Å². The summed E-state index contributed by atoms with van der Waals surface area (Å²) in [5.41, 5.74) is 5.63. The van der Waals surface area contributed by atoms with E-state index >= 15 is 0 Å². The predicted octanol–water partition coefficient (Wildman–Crippen LogP) is 1.93. The second-order valence-corrected chi connectivity index (χ2v) is 6.79. The Hall–Kier alpha value is -0.610. The Labute approximate surface area is 117 Å². The van der Waals surface area contributed by atoms with E-state index in [1.807, 2.05) is 20.8 Å². The third-order valence-corrected chi connectivity index (χ3v) is 3.56. The zero-order chi connectivity index (χ0) is 14.3. The standard InChI is InChI=1S/C15H31N3O/c1-15(2,3)18-14(19)10-13(11-16)17-12-8-6-4-5-7-9-12/h12-13,17H,4-11,16H2,1-3H3,(H,18,19). The van der Waals surface area contributed by atoms with Crippen molar-refractivity contribution in [3.8, 4) is 0 Å². The van der Waals surface area contributed by atoms with Crippen molar-refractivity contribution in [2.24, 2.45) is 5.73 Å². The summed E-state index contributed by atoms with van der Waals surface area (Å²) < 4.78 is 0. The quantitative estimate of drug-likeness (QED) is 0.668. The van der Waals surface area contributed by atoms with Gasteiger partial charge in [0.2, 0.25) is 5.91 Å².